The molecule has 2 aromatic carbocycles. The minimum Gasteiger partial charge on any atom is -0.507 e. The van der Waals surface area contributed by atoms with Gasteiger partial charge >= 0.3 is 0 Å². The van der Waals surface area contributed by atoms with Gasteiger partial charge in [-0.25, -0.2) is 0 Å². The van der Waals surface area contributed by atoms with E-state index >= 15 is 0 Å². The van der Waals surface area contributed by atoms with Crippen LogP contribution in [0.4, 0.5) is 5.69 Å². The fraction of sp³-hybridized carbons (Fsp3) is 0.346. The molecule has 176 valence electrons. The summed E-state index contributed by atoms with van der Waals surface area (Å²) in [5.41, 5.74) is 0.164. The van der Waals surface area contributed by atoms with E-state index in [1.807, 2.05) is 6.92 Å². The molecule has 0 aliphatic carbocycles. The molecular formula is C26H26N2O6. The maximum Gasteiger partial charge on any atom is 0.296 e. The molecule has 2 aromatic rings. The average Bonchev–Trinajstić information content (AvgIpc) is 3.49. The Hall–Kier alpha value is -3.65. The number of ether oxygens (including phenoxy) is 2. The highest BCUT2D eigenvalue weighted by Gasteiger charge is 2.67. The molecule has 5 rings (SSSR count). The molecule has 2 fully saturated rings. The summed E-state index contributed by atoms with van der Waals surface area (Å²) in [6, 6.07) is 12.0. The molecule has 3 aliphatic heterocycles. The number of carbonyl (C=O) groups is 3. The number of aliphatic hydroxyl groups excluding tert-OH is 1. The highest BCUT2D eigenvalue weighted by Crippen LogP contribution is 2.53. The second-order valence-electron chi connectivity index (χ2n) is 8.88. The van der Waals surface area contributed by atoms with Crippen molar-refractivity contribution in [3.63, 3.8) is 0 Å². The number of nitrogens with zero attached hydrogens (tertiary/aromatic N) is 2. The number of amides is 2. The van der Waals surface area contributed by atoms with Crippen LogP contribution in [0.15, 0.2) is 48.0 Å². The lowest BCUT2D eigenvalue weighted by atomic mass is 9.81. The molecule has 1 spiro atoms. The number of likely N-dealkylation sites (tertiary alicyclic amines) is 1. The molecule has 2 saturated heterocycles. The van der Waals surface area contributed by atoms with E-state index < -0.39 is 28.9 Å². The van der Waals surface area contributed by atoms with Crippen LogP contribution in [0, 0.1) is 6.92 Å². The van der Waals surface area contributed by atoms with Crippen molar-refractivity contribution in [2.45, 2.75) is 31.4 Å². The number of anilines is 1. The van der Waals surface area contributed by atoms with Gasteiger partial charge in [0.05, 0.1) is 18.8 Å². The monoisotopic (exact) mass is 462 g/mol. The van der Waals surface area contributed by atoms with E-state index in [9.17, 15) is 19.5 Å². The number of ketones is 1. The standard InChI is InChI=1S/C26H26N2O6/c1-15-13-16(10-11-20(15)33-3)22(29)21-23(30)24(31)28(14-17-7-6-12-34-17)26(21)18-8-4-5-9-19(18)27(2)25(26)32/h4-5,8-11,13,17,29H,6-7,12,14H2,1-3H3. The second-order valence-corrected chi connectivity index (χ2v) is 8.88. The summed E-state index contributed by atoms with van der Waals surface area (Å²) in [7, 11) is 3.15. The number of likely N-dealkylation sites (N-methyl/N-ethyl adjacent to an activating group) is 1. The average molecular weight is 463 g/mol. The number of benzene rings is 2. The number of hydrogen-bond donors (Lipinski definition) is 1. The van der Waals surface area contributed by atoms with E-state index in [0.717, 1.165) is 18.4 Å². The number of aryl methyl sites for hydroxylation is 1. The summed E-state index contributed by atoms with van der Waals surface area (Å²) >= 11 is 0. The lowest BCUT2D eigenvalue weighted by Gasteiger charge is -2.35. The first-order chi connectivity index (χ1) is 16.3. The van der Waals surface area contributed by atoms with E-state index in [2.05, 4.69) is 0 Å². The number of Topliss-reactive ketones (excluding diaryl/α,β-unsaturated/α-hetero) is 1. The first kappa shape index (κ1) is 22.2. The molecule has 0 aromatic heterocycles. The molecule has 0 saturated carbocycles. The van der Waals surface area contributed by atoms with Gasteiger partial charge in [0.15, 0.2) is 5.54 Å². The van der Waals surface area contributed by atoms with Crippen molar-refractivity contribution in [1.29, 1.82) is 0 Å². The van der Waals surface area contributed by atoms with Crippen LogP contribution in [-0.2, 0) is 24.7 Å². The Balaban J connectivity index is 1.78. The summed E-state index contributed by atoms with van der Waals surface area (Å²) in [6.07, 6.45) is 1.28. The van der Waals surface area contributed by atoms with E-state index in [1.54, 1.807) is 56.6 Å². The summed E-state index contributed by atoms with van der Waals surface area (Å²) < 4.78 is 11.1. The van der Waals surface area contributed by atoms with Crippen molar-refractivity contribution in [2.75, 3.05) is 32.2 Å². The van der Waals surface area contributed by atoms with Crippen LogP contribution >= 0.6 is 0 Å². The maximum absolute atomic E-state index is 13.9. The van der Waals surface area contributed by atoms with E-state index in [1.165, 1.54) is 9.80 Å². The van der Waals surface area contributed by atoms with Gasteiger partial charge < -0.3 is 24.4 Å². The Morgan fingerprint density at radius 2 is 1.97 bits per heavy atom. The van der Waals surface area contributed by atoms with Gasteiger partial charge in [-0.2, -0.15) is 0 Å². The van der Waals surface area contributed by atoms with Gasteiger partial charge in [-0.15, -0.1) is 0 Å². The molecule has 8 nitrogen and oxygen atoms in total. The summed E-state index contributed by atoms with van der Waals surface area (Å²) in [4.78, 5) is 43.6. The van der Waals surface area contributed by atoms with Crippen molar-refractivity contribution >= 4 is 29.0 Å². The van der Waals surface area contributed by atoms with Crippen molar-refractivity contribution in [1.82, 2.24) is 4.90 Å². The number of fused-ring (bicyclic) bond motifs is 2. The van der Waals surface area contributed by atoms with Crippen molar-refractivity contribution < 1.29 is 29.0 Å². The van der Waals surface area contributed by atoms with Crippen LogP contribution in [0.2, 0.25) is 0 Å². The third-order valence-electron chi connectivity index (χ3n) is 7.02. The van der Waals surface area contributed by atoms with Crippen LogP contribution < -0.4 is 9.64 Å². The predicted octanol–water partition coefficient (Wildman–Crippen LogP) is 2.73. The molecule has 3 aliphatic rings. The minimum atomic E-state index is -1.76. The zero-order chi connectivity index (χ0) is 24.2. The number of carbonyl (C=O) groups excluding carboxylic acids is 3. The topological polar surface area (TPSA) is 96.4 Å². The zero-order valence-corrected chi connectivity index (χ0v) is 19.3. The molecule has 2 unspecified atom stereocenters. The van der Waals surface area contributed by atoms with Crippen molar-refractivity contribution in [3.05, 3.63) is 64.7 Å². The fourth-order valence-corrected chi connectivity index (χ4v) is 5.38. The lowest BCUT2D eigenvalue weighted by molar-refractivity contribution is -0.145. The second kappa shape index (κ2) is 7.99. The first-order valence-electron chi connectivity index (χ1n) is 11.3. The highest BCUT2D eigenvalue weighted by atomic mass is 16.5. The van der Waals surface area contributed by atoms with Gasteiger partial charge in [0.1, 0.15) is 11.5 Å². The number of para-hydroxylation sites is 1. The van der Waals surface area contributed by atoms with Crippen LogP contribution in [0.5, 0.6) is 5.75 Å². The number of aliphatic hydroxyl groups is 1. The van der Waals surface area contributed by atoms with Crippen LogP contribution in [0.3, 0.4) is 0 Å². The van der Waals surface area contributed by atoms with E-state index in [4.69, 9.17) is 9.47 Å². The normalized spacial score (nSPS) is 25.5. The Bertz CT molecular complexity index is 1250. The molecule has 0 bridgehead atoms. The Kier molecular flexibility index (Phi) is 5.20. The van der Waals surface area contributed by atoms with Crippen LogP contribution in [0.25, 0.3) is 5.76 Å². The van der Waals surface area contributed by atoms with Gasteiger partial charge in [0.25, 0.3) is 17.6 Å². The van der Waals surface area contributed by atoms with Gasteiger partial charge in [-0.1, -0.05) is 18.2 Å². The Morgan fingerprint density at radius 1 is 1.21 bits per heavy atom. The predicted molar refractivity (Wildman–Crippen MR) is 125 cm³/mol. The quantitative estimate of drug-likeness (QED) is 0.426. The van der Waals surface area contributed by atoms with Crippen LogP contribution in [-0.4, -0.2) is 61.0 Å². The number of rotatable bonds is 4. The summed E-state index contributed by atoms with van der Waals surface area (Å²) in [6.45, 7) is 2.46. The molecule has 2 amide bonds. The van der Waals surface area contributed by atoms with Crippen molar-refractivity contribution in [3.8, 4) is 5.75 Å². The molecule has 8 heteroatoms. The third-order valence-corrected chi connectivity index (χ3v) is 7.02. The van der Waals surface area contributed by atoms with Gasteiger partial charge in [0.2, 0.25) is 0 Å². The Morgan fingerprint density at radius 3 is 2.65 bits per heavy atom. The fourth-order valence-electron chi connectivity index (χ4n) is 5.38. The third kappa shape index (κ3) is 2.91. The number of hydrogen-bond acceptors (Lipinski definition) is 6. The zero-order valence-electron chi connectivity index (χ0n) is 19.3. The molecule has 2 atom stereocenters. The summed E-state index contributed by atoms with van der Waals surface area (Å²) in [5, 5.41) is 11.5. The lowest BCUT2D eigenvalue weighted by Crippen LogP contribution is -2.53. The molecule has 34 heavy (non-hydrogen) atoms. The highest BCUT2D eigenvalue weighted by molar-refractivity contribution is 6.50. The van der Waals surface area contributed by atoms with Crippen LogP contribution in [0.1, 0.15) is 29.5 Å². The largest absolute Gasteiger partial charge is 0.507 e. The minimum absolute atomic E-state index is 0.0803. The Labute approximate surface area is 197 Å². The van der Waals surface area contributed by atoms with Gasteiger partial charge in [-0.05, 0) is 49.6 Å². The molecule has 0 radical (unpaired) electrons. The molecule has 1 N–H and O–H groups in total. The SMILES string of the molecule is COc1ccc(C(O)=C2C(=O)C(=O)N(CC3CCCO3)C23C(=O)N(C)c2ccccc23)cc1C. The van der Waals surface area contributed by atoms with Gasteiger partial charge in [-0.3, -0.25) is 14.4 Å². The smallest absolute Gasteiger partial charge is 0.296 e. The number of methoxy groups -OCH3 is 1. The maximum atomic E-state index is 13.9. The van der Waals surface area contributed by atoms with E-state index in [0.29, 0.717) is 29.2 Å². The molecular weight excluding hydrogens is 436 g/mol. The van der Waals surface area contributed by atoms with Gasteiger partial charge in [0, 0.05) is 37.0 Å². The first-order valence-corrected chi connectivity index (χ1v) is 11.3. The molecule has 3 heterocycles. The summed E-state index contributed by atoms with van der Waals surface area (Å²) in [5.74, 6) is -1.94. The van der Waals surface area contributed by atoms with E-state index in [-0.39, 0.29) is 18.2 Å². The van der Waals surface area contributed by atoms with Crippen molar-refractivity contribution in [2.24, 2.45) is 0 Å².